The lowest BCUT2D eigenvalue weighted by atomic mass is 9.77. The quantitative estimate of drug-likeness (QED) is 0.200. The Labute approximate surface area is 272 Å². The number of sulfone groups is 1. The van der Waals surface area contributed by atoms with Crippen LogP contribution in [0.2, 0.25) is 10.0 Å². The SMILES string of the molecule is COC(=O)C1CCC(C(=O)N2CC[C@@]3(S(=O)(=O)c4ccc(F)cc4)c4ccc(OCc5c(Cl)cccc5Cl)cc4CC[C@@H]23)CC1. The van der Waals surface area contributed by atoms with Gasteiger partial charge in [0, 0.05) is 28.1 Å². The Bertz CT molecular complexity index is 1700. The lowest BCUT2D eigenvalue weighted by molar-refractivity contribution is -0.149. The topological polar surface area (TPSA) is 90.0 Å². The van der Waals surface area contributed by atoms with E-state index in [0.29, 0.717) is 65.4 Å². The molecule has 238 valence electrons. The molecule has 3 aromatic carbocycles. The van der Waals surface area contributed by atoms with Crippen molar-refractivity contribution < 1.29 is 31.9 Å². The largest absolute Gasteiger partial charge is 0.489 e. The number of carbonyl (C=O) groups excluding carboxylic acids is 2. The van der Waals surface area contributed by atoms with Crippen LogP contribution in [0.3, 0.4) is 0 Å². The van der Waals surface area contributed by atoms with Gasteiger partial charge in [-0.25, -0.2) is 12.8 Å². The average molecular weight is 675 g/mol. The Balaban J connectivity index is 1.33. The summed E-state index contributed by atoms with van der Waals surface area (Å²) in [5, 5.41) is 0.976. The lowest BCUT2D eigenvalue weighted by Gasteiger charge is -2.43. The number of hydrogen-bond donors (Lipinski definition) is 0. The summed E-state index contributed by atoms with van der Waals surface area (Å²) in [6.07, 6.45) is 3.42. The maximum atomic E-state index is 14.7. The van der Waals surface area contributed by atoms with Crippen molar-refractivity contribution in [1.82, 2.24) is 4.90 Å². The molecule has 0 aromatic heterocycles. The molecular formula is C34H34Cl2FNO6S. The highest BCUT2D eigenvalue weighted by Gasteiger charge is 2.61. The van der Waals surface area contributed by atoms with Crippen LogP contribution in [0.5, 0.6) is 5.75 Å². The molecule has 1 amide bonds. The number of fused-ring (bicyclic) bond motifs is 3. The van der Waals surface area contributed by atoms with Crippen molar-refractivity contribution in [3.63, 3.8) is 0 Å². The molecule has 0 unspecified atom stereocenters. The van der Waals surface area contributed by atoms with E-state index in [1.54, 1.807) is 35.2 Å². The van der Waals surface area contributed by atoms with E-state index in [1.165, 1.54) is 19.2 Å². The van der Waals surface area contributed by atoms with Gasteiger partial charge in [-0.05, 0) is 105 Å². The smallest absolute Gasteiger partial charge is 0.308 e. The molecule has 11 heteroatoms. The number of halogens is 3. The number of esters is 1. The van der Waals surface area contributed by atoms with Crippen molar-refractivity contribution >= 4 is 44.9 Å². The van der Waals surface area contributed by atoms with Gasteiger partial charge in [-0.3, -0.25) is 9.59 Å². The van der Waals surface area contributed by atoms with Gasteiger partial charge in [-0.2, -0.15) is 0 Å². The van der Waals surface area contributed by atoms with Gasteiger partial charge < -0.3 is 14.4 Å². The fraction of sp³-hybridized carbons (Fsp3) is 0.412. The average Bonchev–Trinajstić information content (AvgIpc) is 3.46. The molecule has 2 atom stereocenters. The summed E-state index contributed by atoms with van der Waals surface area (Å²) in [6.45, 7) is 0.420. The van der Waals surface area contributed by atoms with Crippen LogP contribution in [0.4, 0.5) is 4.39 Å². The van der Waals surface area contributed by atoms with E-state index in [-0.39, 0.29) is 48.2 Å². The molecule has 0 N–H and O–H groups in total. The van der Waals surface area contributed by atoms with Crippen LogP contribution in [0, 0.1) is 17.7 Å². The zero-order valence-corrected chi connectivity index (χ0v) is 27.1. The first-order chi connectivity index (χ1) is 21.6. The minimum absolute atomic E-state index is 0.0170. The summed E-state index contributed by atoms with van der Waals surface area (Å²) in [6, 6.07) is 14.9. The number of benzene rings is 3. The number of ether oxygens (including phenoxy) is 2. The van der Waals surface area contributed by atoms with Gasteiger partial charge in [0.05, 0.1) is 24.0 Å². The Kier molecular flexibility index (Phi) is 8.89. The van der Waals surface area contributed by atoms with E-state index in [4.69, 9.17) is 32.7 Å². The molecule has 0 bridgehead atoms. The molecule has 1 heterocycles. The van der Waals surface area contributed by atoms with E-state index in [0.717, 1.165) is 17.7 Å². The fourth-order valence-corrected chi connectivity index (χ4v) is 10.4. The molecule has 0 spiro atoms. The number of amides is 1. The van der Waals surface area contributed by atoms with Crippen LogP contribution in [-0.4, -0.2) is 44.9 Å². The van der Waals surface area contributed by atoms with Crippen molar-refractivity contribution in [2.24, 2.45) is 11.8 Å². The van der Waals surface area contributed by atoms with Crippen molar-refractivity contribution in [3.8, 4) is 5.75 Å². The van der Waals surface area contributed by atoms with Crippen LogP contribution < -0.4 is 4.74 Å². The first kappa shape index (κ1) is 31.8. The zero-order chi connectivity index (χ0) is 31.9. The fourth-order valence-electron chi connectivity index (χ4n) is 7.48. The number of nitrogens with zero attached hydrogens (tertiary/aromatic N) is 1. The predicted octanol–water partition coefficient (Wildman–Crippen LogP) is 6.91. The molecule has 2 aliphatic carbocycles. The van der Waals surface area contributed by atoms with Gasteiger partial charge >= 0.3 is 5.97 Å². The zero-order valence-electron chi connectivity index (χ0n) is 24.8. The minimum Gasteiger partial charge on any atom is -0.489 e. The summed E-state index contributed by atoms with van der Waals surface area (Å²) in [5.74, 6) is -0.816. The minimum atomic E-state index is -4.09. The second-order valence-electron chi connectivity index (χ2n) is 12.1. The molecule has 45 heavy (non-hydrogen) atoms. The van der Waals surface area contributed by atoms with Crippen molar-refractivity contribution in [2.45, 2.75) is 67.2 Å². The summed E-state index contributed by atoms with van der Waals surface area (Å²) in [7, 11) is -2.72. The Morgan fingerprint density at radius 3 is 2.29 bits per heavy atom. The maximum Gasteiger partial charge on any atom is 0.308 e. The summed E-state index contributed by atoms with van der Waals surface area (Å²) in [5.41, 5.74) is 2.11. The van der Waals surface area contributed by atoms with Crippen LogP contribution in [-0.2, 0) is 41.9 Å². The normalized spacial score (nSPS) is 24.4. The van der Waals surface area contributed by atoms with Crippen LogP contribution in [0.25, 0.3) is 0 Å². The van der Waals surface area contributed by atoms with E-state index in [2.05, 4.69) is 0 Å². The molecule has 3 aromatic rings. The van der Waals surface area contributed by atoms with E-state index in [1.807, 2.05) is 6.07 Å². The van der Waals surface area contributed by atoms with Gasteiger partial charge in [0.2, 0.25) is 5.91 Å². The number of carbonyl (C=O) groups is 2. The Hall–Kier alpha value is -3.14. The molecule has 3 aliphatic rings. The van der Waals surface area contributed by atoms with Crippen molar-refractivity contribution in [3.05, 3.63) is 93.2 Å². The van der Waals surface area contributed by atoms with E-state index < -0.39 is 26.4 Å². The number of rotatable bonds is 7. The number of hydrogen-bond acceptors (Lipinski definition) is 6. The first-order valence-corrected chi connectivity index (χ1v) is 17.4. The number of aryl methyl sites for hydroxylation is 1. The molecule has 1 saturated heterocycles. The molecule has 1 aliphatic heterocycles. The second-order valence-corrected chi connectivity index (χ2v) is 15.1. The van der Waals surface area contributed by atoms with Crippen LogP contribution in [0.15, 0.2) is 65.6 Å². The van der Waals surface area contributed by atoms with Crippen molar-refractivity contribution in [1.29, 1.82) is 0 Å². The molecule has 2 fully saturated rings. The molecule has 0 radical (unpaired) electrons. The predicted molar refractivity (Wildman–Crippen MR) is 168 cm³/mol. The molecular weight excluding hydrogens is 640 g/mol. The maximum absolute atomic E-state index is 14.7. The molecule has 1 saturated carbocycles. The van der Waals surface area contributed by atoms with Crippen LogP contribution >= 0.6 is 23.2 Å². The second kappa shape index (κ2) is 12.6. The number of likely N-dealkylation sites (tertiary alicyclic amines) is 1. The third-order valence-electron chi connectivity index (χ3n) is 9.80. The number of methoxy groups -OCH3 is 1. The van der Waals surface area contributed by atoms with Gasteiger partial charge in [-0.1, -0.05) is 35.3 Å². The lowest BCUT2D eigenvalue weighted by Crippen LogP contribution is -2.53. The molecule has 7 nitrogen and oxygen atoms in total. The third-order valence-corrected chi connectivity index (χ3v) is 13.1. The highest BCUT2D eigenvalue weighted by molar-refractivity contribution is 7.92. The van der Waals surface area contributed by atoms with E-state index in [9.17, 15) is 22.4 Å². The standard InChI is InChI=1S/C34H34Cl2FNO6S/c1-43-33(40)22-7-5-21(6-8-22)32(39)38-18-17-34(45(41,42)26-13-10-24(37)11-14-26)28-15-12-25(19-23(28)9-16-31(34)38)44-20-27-29(35)3-2-4-30(27)36/h2-4,10-15,19,21-22,31H,5-9,16-18,20H2,1H3/t21?,22?,31-,34-/m1/s1. The van der Waals surface area contributed by atoms with Gasteiger partial charge in [-0.15, -0.1) is 0 Å². The highest BCUT2D eigenvalue weighted by Crippen LogP contribution is 2.54. The van der Waals surface area contributed by atoms with Gasteiger partial charge in [0.15, 0.2) is 9.84 Å². The van der Waals surface area contributed by atoms with Crippen LogP contribution in [0.1, 0.15) is 55.2 Å². The Morgan fingerprint density at radius 1 is 0.956 bits per heavy atom. The summed E-state index contributed by atoms with van der Waals surface area (Å²) >= 11 is 12.6. The molecule has 6 rings (SSSR count). The summed E-state index contributed by atoms with van der Waals surface area (Å²) in [4.78, 5) is 27.8. The third kappa shape index (κ3) is 5.61. The van der Waals surface area contributed by atoms with Crippen molar-refractivity contribution in [2.75, 3.05) is 13.7 Å². The highest BCUT2D eigenvalue weighted by atomic mass is 35.5. The monoisotopic (exact) mass is 673 g/mol. The van der Waals surface area contributed by atoms with Gasteiger partial charge in [0.1, 0.15) is 22.9 Å². The first-order valence-electron chi connectivity index (χ1n) is 15.1. The van der Waals surface area contributed by atoms with Gasteiger partial charge in [0.25, 0.3) is 0 Å². The van der Waals surface area contributed by atoms with E-state index >= 15 is 0 Å². The summed E-state index contributed by atoms with van der Waals surface area (Å²) < 4.78 is 52.7. The Morgan fingerprint density at radius 2 is 1.62 bits per heavy atom.